The van der Waals surface area contributed by atoms with Crippen molar-refractivity contribution in [1.29, 1.82) is 0 Å². The lowest BCUT2D eigenvalue weighted by Crippen LogP contribution is -2.54. The summed E-state index contributed by atoms with van der Waals surface area (Å²) in [5, 5.41) is 0. The topological polar surface area (TPSA) is 123 Å². The Morgan fingerprint density at radius 2 is 1.61 bits per heavy atom. The van der Waals surface area contributed by atoms with Crippen molar-refractivity contribution in [3.05, 3.63) is 76.9 Å². The van der Waals surface area contributed by atoms with E-state index in [1.54, 1.807) is 46.3 Å². The van der Waals surface area contributed by atoms with Crippen molar-refractivity contribution in [2.24, 2.45) is 5.73 Å². The SMILES string of the molecule is COc1ccc(C(=O)N2Cc3c(ncn3Cc3ccc(C(C)(C)C)cc3)CC2C(=O)N2CCCN(C(N)=O)CC2)cc1OC. The minimum atomic E-state index is -0.752. The molecule has 1 fully saturated rings. The number of urea groups is 1. The Kier molecular flexibility index (Phi) is 8.85. The first kappa shape index (κ1) is 30.9. The number of methoxy groups -OCH3 is 2. The number of aromatic nitrogens is 2. The van der Waals surface area contributed by atoms with Gasteiger partial charge in [-0.2, -0.15) is 0 Å². The molecule has 3 heterocycles. The van der Waals surface area contributed by atoms with E-state index in [1.165, 1.54) is 12.7 Å². The normalized spacial score (nSPS) is 17.1. The van der Waals surface area contributed by atoms with Gasteiger partial charge in [-0.15, -0.1) is 0 Å². The zero-order chi connectivity index (χ0) is 31.6. The fourth-order valence-electron chi connectivity index (χ4n) is 5.95. The van der Waals surface area contributed by atoms with Crippen molar-refractivity contribution < 1.29 is 23.9 Å². The van der Waals surface area contributed by atoms with E-state index in [-0.39, 0.29) is 23.8 Å². The summed E-state index contributed by atoms with van der Waals surface area (Å²) in [4.78, 5) is 49.7. The van der Waals surface area contributed by atoms with Crippen LogP contribution in [0.3, 0.4) is 0 Å². The highest BCUT2D eigenvalue weighted by Crippen LogP contribution is 2.31. The summed E-state index contributed by atoms with van der Waals surface area (Å²) in [5.41, 5.74) is 10.0. The molecule has 1 unspecified atom stereocenters. The lowest BCUT2D eigenvalue weighted by Gasteiger charge is -2.37. The average molecular weight is 603 g/mol. The van der Waals surface area contributed by atoms with Crippen LogP contribution in [0.15, 0.2) is 48.8 Å². The molecule has 234 valence electrons. The molecule has 1 aromatic heterocycles. The van der Waals surface area contributed by atoms with Crippen LogP contribution in [-0.4, -0.2) is 88.5 Å². The molecule has 3 aromatic rings. The highest BCUT2D eigenvalue weighted by Gasteiger charge is 2.40. The van der Waals surface area contributed by atoms with Gasteiger partial charge in [0, 0.05) is 44.7 Å². The van der Waals surface area contributed by atoms with Gasteiger partial charge in [0.1, 0.15) is 6.04 Å². The van der Waals surface area contributed by atoms with Crippen molar-refractivity contribution in [3.8, 4) is 11.5 Å². The quantitative estimate of drug-likeness (QED) is 0.461. The first-order valence-corrected chi connectivity index (χ1v) is 15.0. The van der Waals surface area contributed by atoms with E-state index in [0.717, 1.165) is 17.0 Å². The smallest absolute Gasteiger partial charge is 0.314 e. The second kappa shape index (κ2) is 12.6. The molecule has 2 aliphatic rings. The highest BCUT2D eigenvalue weighted by atomic mass is 16.5. The van der Waals surface area contributed by atoms with E-state index in [9.17, 15) is 14.4 Å². The molecular weight excluding hydrogens is 560 g/mol. The van der Waals surface area contributed by atoms with Gasteiger partial charge in [0.05, 0.1) is 38.5 Å². The fourth-order valence-corrected chi connectivity index (χ4v) is 5.95. The van der Waals surface area contributed by atoms with Gasteiger partial charge in [-0.05, 0) is 41.2 Å². The minimum absolute atomic E-state index is 0.0603. The summed E-state index contributed by atoms with van der Waals surface area (Å²) in [6, 6.07) is 12.3. The van der Waals surface area contributed by atoms with Gasteiger partial charge in [-0.25, -0.2) is 9.78 Å². The van der Waals surface area contributed by atoms with E-state index in [4.69, 9.17) is 20.2 Å². The van der Waals surface area contributed by atoms with Crippen LogP contribution in [0, 0.1) is 0 Å². The summed E-state index contributed by atoms with van der Waals surface area (Å²) >= 11 is 0. The van der Waals surface area contributed by atoms with Crippen molar-refractivity contribution in [1.82, 2.24) is 24.3 Å². The lowest BCUT2D eigenvalue weighted by molar-refractivity contribution is -0.136. The average Bonchev–Trinajstić information content (AvgIpc) is 3.22. The third-order valence-electron chi connectivity index (χ3n) is 8.58. The zero-order valence-electron chi connectivity index (χ0n) is 26.2. The van der Waals surface area contributed by atoms with E-state index in [2.05, 4.69) is 49.6 Å². The lowest BCUT2D eigenvalue weighted by atomic mass is 9.87. The summed E-state index contributed by atoms with van der Waals surface area (Å²) in [6.45, 7) is 9.06. The Labute approximate surface area is 258 Å². The number of hydrogen-bond donors (Lipinski definition) is 1. The van der Waals surface area contributed by atoms with Gasteiger partial charge in [0.2, 0.25) is 5.91 Å². The number of benzene rings is 2. The summed E-state index contributed by atoms with van der Waals surface area (Å²) in [7, 11) is 3.06. The van der Waals surface area contributed by atoms with Crippen LogP contribution in [0.25, 0.3) is 0 Å². The molecule has 0 radical (unpaired) electrons. The molecule has 5 rings (SSSR count). The predicted octanol–water partition coefficient (Wildman–Crippen LogP) is 3.43. The Bertz CT molecular complexity index is 1530. The number of primary amides is 1. The summed E-state index contributed by atoms with van der Waals surface area (Å²) in [5.74, 6) is 0.493. The van der Waals surface area contributed by atoms with Gasteiger partial charge in [-0.1, -0.05) is 45.0 Å². The number of amides is 4. The number of ether oxygens (including phenoxy) is 2. The molecule has 4 amide bonds. The maximum absolute atomic E-state index is 14.2. The number of carbonyl (C=O) groups is 3. The third kappa shape index (κ3) is 6.36. The molecular formula is C33H42N6O5. The van der Waals surface area contributed by atoms with E-state index in [1.807, 2.05) is 0 Å². The second-order valence-electron chi connectivity index (χ2n) is 12.4. The van der Waals surface area contributed by atoms with Crippen LogP contribution < -0.4 is 15.2 Å². The first-order valence-electron chi connectivity index (χ1n) is 15.0. The maximum Gasteiger partial charge on any atom is 0.314 e. The van der Waals surface area contributed by atoms with Gasteiger partial charge < -0.3 is 34.5 Å². The molecule has 2 aliphatic heterocycles. The Hall–Kier alpha value is -4.54. The summed E-state index contributed by atoms with van der Waals surface area (Å²) < 4.78 is 12.9. The second-order valence-corrected chi connectivity index (χ2v) is 12.4. The first-order chi connectivity index (χ1) is 21.0. The molecule has 0 saturated carbocycles. The zero-order valence-corrected chi connectivity index (χ0v) is 26.2. The van der Waals surface area contributed by atoms with Crippen LogP contribution in [0.1, 0.15) is 60.1 Å². The third-order valence-corrected chi connectivity index (χ3v) is 8.58. The van der Waals surface area contributed by atoms with Crippen molar-refractivity contribution in [3.63, 3.8) is 0 Å². The van der Waals surface area contributed by atoms with Gasteiger partial charge >= 0.3 is 6.03 Å². The van der Waals surface area contributed by atoms with Crippen molar-refractivity contribution >= 4 is 17.8 Å². The Morgan fingerprint density at radius 1 is 0.932 bits per heavy atom. The van der Waals surface area contributed by atoms with Crippen LogP contribution in [0.2, 0.25) is 0 Å². The molecule has 2 aromatic carbocycles. The number of fused-ring (bicyclic) bond motifs is 1. The van der Waals surface area contributed by atoms with Gasteiger partial charge in [0.25, 0.3) is 5.91 Å². The monoisotopic (exact) mass is 602 g/mol. The largest absolute Gasteiger partial charge is 0.493 e. The van der Waals surface area contributed by atoms with Crippen LogP contribution in [0.5, 0.6) is 11.5 Å². The number of carbonyl (C=O) groups excluding carboxylic acids is 3. The number of imidazole rings is 1. The highest BCUT2D eigenvalue weighted by molar-refractivity contribution is 5.98. The molecule has 0 bridgehead atoms. The van der Waals surface area contributed by atoms with E-state index in [0.29, 0.717) is 62.6 Å². The van der Waals surface area contributed by atoms with E-state index >= 15 is 0 Å². The molecule has 11 nitrogen and oxygen atoms in total. The minimum Gasteiger partial charge on any atom is -0.493 e. The Morgan fingerprint density at radius 3 is 2.27 bits per heavy atom. The number of nitrogens with two attached hydrogens (primary N) is 1. The molecule has 1 atom stereocenters. The summed E-state index contributed by atoms with van der Waals surface area (Å²) in [6.07, 6.45) is 2.70. The predicted molar refractivity (Wildman–Crippen MR) is 166 cm³/mol. The fraction of sp³-hybridized carbons (Fsp3) is 0.455. The molecule has 0 spiro atoms. The van der Waals surface area contributed by atoms with E-state index < -0.39 is 12.1 Å². The standard InChI is InChI=1S/C33H42N6O5/c1-33(2,3)24-10-7-22(8-11-24)19-38-21-35-25-18-26(31(41)36-13-6-14-37(16-15-36)32(34)42)39(20-27(25)38)30(40)23-9-12-28(43-4)29(17-23)44-5/h7-12,17,21,26H,6,13-16,18-20H2,1-5H3,(H2,34,42). The van der Waals surface area contributed by atoms with Crippen molar-refractivity contribution in [2.75, 3.05) is 40.4 Å². The van der Waals surface area contributed by atoms with Crippen molar-refractivity contribution in [2.45, 2.75) is 58.2 Å². The number of rotatable bonds is 6. The molecule has 11 heteroatoms. The Balaban J connectivity index is 1.45. The maximum atomic E-state index is 14.2. The van der Waals surface area contributed by atoms with Gasteiger partial charge in [-0.3, -0.25) is 9.59 Å². The molecule has 44 heavy (non-hydrogen) atoms. The number of hydrogen-bond acceptors (Lipinski definition) is 6. The van der Waals surface area contributed by atoms with Gasteiger partial charge in [0.15, 0.2) is 11.5 Å². The number of nitrogens with zero attached hydrogens (tertiary/aromatic N) is 5. The van der Waals surface area contributed by atoms with Crippen LogP contribution >= 0.6 is 0 Å². The molecule has 0 aliphatic carbocycles. The molecule has 2 N–H and O–H groups in total. The van der Waals surface area contributed by atoms with Crippen LogP contribution in [-0.2, 0) is 29.7 Å². The molecule has 1 saturated heterocycles. The van der Waals surface area contributed by atoms with Crippen LogP contribution in [0.4, 0.5) is 4.79 Å².